The molecule has 1 N–H and O–H groups in total. The van der Waals surface area contributed by atoms with Crippen molar-refractivity contribution >= 4 is 11.8 Å². The predicted octanol–water partition coefficient (Wildman–Crippen LogP) is 4.82. The lowest BCUT2D eigenvalue weighted by Crippen LogP contribution is -2.29. The van der Waals surface area contributed by atoms with Gasteiger partial charge in [-0.2, -0.15) is 0 Å². The van der Waals surface area contributed by atoms with Crippen LogP contribution in [0.15, 0.2) is 42.5 Å². The Kier molecular flexibility index (Phi) is 4.11. The largest absolute Gasteiger partial charge is 0.465 e. The van der Waals surface area contributed by atoms with E-state index in [9.17, 15) is 4.79 Å². The second kappa shape index (κ2) is 6.32. The maximum Gasteiger partial charge on any atom is 0.417 e. The first-order valence-corrected chi connectivity index (χ1v) is 8.94. The lowest BCUT2D eigenvalue weighted by atomic mass is 9.80. The molecule has 0 aromatic heterocycles. The normalized spacial score (nSPS) is 23.3. The number of carbonyl (C=O) groups excluding carboxylic acids is 1. The molecule has 5 nitrogen and oxygen atoms in total. The highest BCUT2D eigenvalue weighted by Crippen LogP contribution is 2.47. The summed E-state index contributed by atoms with van der Waals surface area (Å²) in [6.45, 7) is 7.03. The van der Waals surface area contributed by atoms with E-state index in [1.54, 1.807) is 6.07 Å². The van der Waals surface area contributed by atoms with E-state index in [0.717, 1.165) is 17.7 Å². The fourth-order valence-corrected chi connectivity index (χ4v) is 3.52. The van der Waals surface area contributed by atoms with Crippen molar-refractivity contribution < 1.29 is 19.0 Å². The maximum atomic E-state index is 12.2. The van der Waals surface area contributed by atoms with Gasteiger partial charge >= 0.3 is 6.09 Å². The van der Waals surface area contributed by atoms with Gasteiger partial charge in [-0.25, -0.2) is 4.79 Å². The molecule has 4 rings (SSSR count). The summed E-state index contributed by atoms with van der Waals surface area (Å²) in [7, 11) is 0. The average Bonchev–Trinajstić information content (AvgIpc) is 2.92. The number of rotatable bonds is 3. The third-order valence-electron chi connectivity index (χ3n) is 5.10. The first kappa shape index (κ1) is 16.9. The van der Waals surface area contributed by atoms with Crippen molar-refractivity contribution in [2.75, 3.05) is 11.9 Å². The minimum absolute atomic E-state index is 0.0965. The van der Waals surface area contributed by atoms with Crippen molar-refractivity contribution in [2.24, 2.45) is 0 Å². The van der Waals surface area contributed by atoms with Crippen molar-refractivity contribution in [3.05, 3.63) is 53.6 Å². The zero-order valence-electron chi connectivity index (χ0n) is 15.2. The molecule has 2 aliphatic heterocycles. The molecule has 2 aromatic rings. The van der Waals surface area contributed by atoms with E-state index in [4.69, 9.17) is 14.2 Å². The molecule has 2 bridgehead atoms. The standard InChI is InChI=1S/C21H23NO4/c1-13(2)14-4-6-15(7-5-14)22-20(23)25-16-8-9-18-17(10-16)21(3)11-19(26-18)24-12-21/h4-10,13,19H,11-12H2,1-3H3,(H,22,23)/t19?,21-/m0/s1. The van der Waals surface area contributed by atoms with Crippen molar-refractivity contribution in [2.45, 2.75) is 44.8 Å². The van der Waals surface area contributed by atoms with Crippen molar-refractivity contribution in [1.29, 1.82) is 0 Å². The molecular formula is C21H23NO4. The molecule has 5 heteroatoms. The van der Waals surface area contributed by atoms with E-state index in [2.05, 4.69) is 26.1 Å². The summed E-state index contributed by atoms with van der Waals surface area (Å²) in [4.78, 5) is 12.2. The Labute approximate surface area is 153 Å². The third kappa shape index (κ3) is 3.15. The molecule has 2 heterocycles. The molecule has 1 unspecified atom stereocenters. The highest BCUT2D eigenvalue weighted by atomic mass is 16.7. The molecule has 2 atom stereocenters. The van der Waals surface area contributed by atoms with Gasteiger partial charge < -0.3 is 14.2 Å². The first-order chi connectivity index (χ1) is 12.4. The van der Waals surface area contributed by atoms with E-state index in [0.29, 0.717) is 24.0 Å². The summed E-state index contributed by atoms with van der Waals surface area (Å²) in [5, 5.41) is 2.76. The lowest BCUT2D eigenvalue weighted by molar-refractivity contribution is -0.0380. The quantitative estimate of drug-likeness (QED) is 0.860. The smallest absolute Gasteiger partial charge is 0.417 e. The number of nitrogens with one attached hydrogen (secondary N) is 1. The number of carbonyl (C=O) groups is 1. The van der Waals surface area contributed by atoms with Gasteiger partial charge in [0, 0.05) is 23.1 Å². The molecule has 26 heavy (non-hydrogen) atoms. The Bertz CT molecular complexity index is 830. The molecule has 2 aliphatic rings. The Morgan fingerprint density at radius 2 is 2.00 bits per heavy atom. The van der Waals surface area contributed by atoms with Gasteiger partial charge in [-0.05, 0) is 41.8 Å². The van der Waals surface area contributed by atoms with Crippen LogP contribution < -0.4 is 14.8 Å². The van der Waals surface area contributed by atoms with Gasteiger partial charge in [0.2, 0.25) is 6.29 Å². The van der Waals surface area contributed by atoms with Crippen LogP contribution >= 0.6 is 0 Å². The zero-order valence-corrected chi connectivity index (χ0v) is 15.2. The summed E-state index contributed by atoms with van der Waals surface area (Å²) < 4.78 is 16.9. The molecule has 0 aliphatic carbocycles. The van der Waals surface area contributed by atoms with Crippen LogP contribution in [0.25, 0.3) is 0 Å². The molecule has 2 aromatic carbocycles. The fraction of sp³-hybridized carbons (Fsp3) is 0.381. The van der Waals surface area contributed by atoms with Gasteiger partial charge in [0.25, 0.3) is 0 Å². The molecule has 0 saturated carbocycles. The van der Waals surface area contributed by atoms with Crippen LogP contribution in [0.3, 0.4) is 0 Å². The van der Waals surface area contributed by atoms with E-state index in [-0.39, 0.29) is 11.7 Å². The van der Waals surface area contributed by atoms with Gasteiger partial charge in [0.15, 0.2) is 0 Å². The Hall–Kier alpha value is -2.53. The topological polar surface area (TPSA) is 56.8 Å². The van der Waals surface area contributed by atoms with Crippen molar-refractivity contribution in [3.8, 4) is 11.5 Å². The van der Waals surface area contributed by atoms with E-state index >= 15 is 0 Å². The van der Waals surface area contributed by atoms with Crippen LogP contribution in [-0.2, 0) is 10.2 Å². The molecule has 0 radical (unpaired) electrons. The van der Waals surface area contributed by atoms with Gasteiger partial charge in [-0.3, -0.25) is 5.32 Å². The summed E-state index contributed by atoms with van der Waals surface area (Å²) >= 11 is 0. The Morgan fingerprint density at radius 1 is 1.23 bits per heavy atom. The summed E-state index contributed by atoms with van der Waals surface area (Å²) in [6, 6.07) is 13.2. The van der Waals surface area contributed by atoms with Gasteiger partial charge in [0.1, 0.15) is 11.5 Å². The van der Waals surface area contributed by atoms with Crippen LogP contribution in [0, 0.1) is 0 Å². The fourth-order valence-electron chi connectivity index (χ4n) is 3.52. The van der Waals surface area contributed by atoms with E-state index in [1.807, 2.05) is 36.4 Å². The lowest BCUT2D eigenvalue weighted by Gasteiger charge is -2.29. The number of hydrogen-bond donors (Lipinski definition) is 1. The SMILES string of the molecule is CC(C)c1ccc(NC(=O)Oc2ccc3c(c2)[C@]2(C)COC(C2)O3)cc1. The summed E-state index contributed by atoms with van der Waals surface area (Å²) in [6.07, 6.45) is 0.138. The predicted molar refractivity (Wildman–Crippen MR) is 99.0 cm³/mol. The zero-order chi connectivity index (χ0) is 18.3. The molecule has 1 saturated heterocycles. The van der Waals surface area contributed by atoms with Crippen LogP contribution in [0.5, 0.6) is 11.5 Å². The minimum atomic E-state index is -0.510. The van der Waals surface area contributed by atoms with Crippen LogP contribution in [0.4, 0.5) is 10.5 Å². The molecule has 1 amide bonds. The van der Waals surface area contributed by atoms with Crippen LogP contribution in [0.2, 0.25) is 0 Å². The first-order valence-electron chi connectivity index (χ1n) is 8.94. The van der Waals surface area contributed by atoms with Gasteiger partial charge in [-0.1, -0.05) is 32.9 Å². The number of ether oxygens (including phenoxy) is 3. The Balaban J connectivity index is 1.46. The highest BCUT2D eigenvalue weighted by Gasteiger charge is 2.45. The average molecular weight is 353 g/mol. The molecule has 136 valence electrons. The summed E-state index contributed by atoms with van der Waals surface area (Å²) in [5.41, 5.74) is 2.86. The van der Waals surface area contributed by atoms with Gasteiger partial charge in [0.05, 0.1) is 6.61 Å². The number of amides is 1. The van der Waals surface area contributed by atoms with Crippen LogP contribution in [0.1, 0.15) is 44.2 Å². The van der Waals surface area contributed by atoms with Crippen molar-refractivity contribution in [1.82, 2.24) is 0 Å². The maximum absolute atomic E-state index is 12.2. The monoisotopic (exact) mass is 353 g/mol. The van der Waals surface area contributed by atoms with E-state index < -0.39 is 6.09 Å². The number of fused-ring (bicyclic) bond motifs is 4. The minimum Gasteiger partial charge on any atom is -0.465 e. The van der Waals surface area contributed by atoms with E-state index in [1.165, 1.54) is 5.56 Å². The third-order valence-corrected chi connectivity index (χ3v) is 5.10. The highest BCUT2D eigenvalue weighted by molar-refractivity contribution is 5.86. The number of hydrogen-bond acceptors (Lipinski definition) is 4. The molecule has 0 spiro atoms. The molecular weight excluding hydrogens is 330 g/mol. The molecule has 1 fully saturated rings. The van der Waals surface area contributed by atoms with Crippen molar-refractivity contribution in [3.63, 3.8) is 0 Å². The number of anilines is 1. The second-order valence-electron chi connectivity index (χ2n) is 7.57. The van der Waals surface area contributed by atoms with Crippen LogP contribution in [-0.4, -0.2) is 19.0 Å². The number of benzene rings is 2. The van der Waals surface area contributed by atoms with Gasteiger partial charge in [-0.15, -0.1) is 0 Å². The summed E-state index contributed by atoms with van der Waals surface area (Å²) in [5.74, 6) is 1.75. The second-order valence-corrected chi connectivity index (χ2v) is 7.57. The Morgan fingerprint density at radius 3 is 2.73 bits per heavy atom.